The lowest BCUT2D eigenvalue weighted by Crippen LogP contribution is -2.20. The summed E-state index contributed by atoms with van der Waals surface area (Å²) in [6.07, 6.45) is -0.389. The van der Waals surface area contributed by atoms with E-state index in [0.29, 0.717) is 0 Å². The number of hydrogen-bond acceptors (Lipinski definition) is 2. The lowest BCUT2D eigenvalue weighted by molar-refractivity contribution is -0.304. The fourth-order valence-electron chi connectivity index (χ4n) is 0. The molecule has 0 bridgehead atoms. The van der Waals surface area contributed by atoms with Gasteiger partial charge in [0.2, 0.25) is 0 Å². The van der Waals surface area contributed by atoms with Crippen LogP contribution in [0, 0.1) is 6.92 Å². The third-order valence-corrected chi connectivity index (χ3v) is 0.167. The Bertz CT molecular complexity index is 40.2. The van der Waals surface area contributed by atoms with Crippen LogP contribution in [-0.2, 0) is 4.79 Å². The molecule has 0 atom stereocenters. The predicted octanol–water partition coefficient (Wildman–Crippen LogP) is -1.16. The zero-order chi connectivity index (χ0) is 4.28. The molecule has 2 nitrogen and oxygen atoms in total. The molecule has 0 N–H and O–H groups in total. The molecule has 0 aliphatic carbocycles. The first kappa shape index (κ1) is 4.47. The minimum Gasteiger partial charge on any atom is -0.550 e. The first-order chi connectivity index (χ1) is 2.27. The van der Waals surface area contributed by atoms with Crippen molar-refractivity contribution in [3.63, 3.8) is 0 Å². The summed E-state index contributed by atoms with van der Waals surface area (Å²) in [5.41, 5.74) is 0. The Morgan fingerprint density at radius 1 is 2.00 bits per heavy atom. The average molecular weight is 71.1 g/mol. The molecule has 0 unspecified atom stereocenters. The van der Waals surface area contributed by atoms with Crippen LogP contribution in [0.2, 0.25) is 0 Å². The van der Waals surface area contributed by atoms with E-state index in [1.165, 1.54) is 0 Å². The maximum atomic E-state index is 9.13. The summed E-state index contributed by atoms with van der Waals surface area (Å²) in [4.78, 5) is 9.13. The van der Waals surface area contributed by atoms with Crippen molar-refractivity contribution >= 4 is 5.97 Å². The molecule has 2 radical (unpaired) electrons. The molecule has 5 heavy (non-hydrogen) atoms. The SMILES string of the molecule is [CH]CC(=O)[O-]. The van der Waals surface area contributed by atoms with Gasteiger partial charge in [-0.1, -0.05) is 0 Å². The van der Waals surface area contributed by atoms with Gasteiger partial charge in [0.05, 0.1) is 0 Å². The van der Waals surface area contributed by atoms with Crippen molar-refractivity contribution in [3.05, 3.63) is 6.92 Å². The van der Waals surface area contributed by atoms with Gasteiger partial charge in [0.25, 0.3) is 0 Å². The van der Waals surface area contributed by atoms with Crippen LogP contribution in [0.15, 0.2) is 0 Å². The highest BCUT2D eigenvalue weighted by atomic mass is 16.4. The molecule has 0 amide bonds. The Morgan fingerprint density at radius 3 is 2.20 bits per heavy atom. The van der Waals surface area contributed by atoms with Gasteiger partial charge in [-0.25, -0.2) is 0 Å². The second-order valence-electron chi connectivity index (χ2n) is 0.576. The van der Waals surface area contributed by atoms with Crippen LogP contribution in [0.3, 0.4) is 0 Å². The summed E-state index contributed by atoms with van der Waals surface area (Å²) in [6.45, 7) is 4.51. The molecular formula is C3H3O2-. The third kappa shape index (κ3) is 3.47. The van der Waals surface area contributed by atoms with Crippen molar-refractivity contribution in [2.24, 2.45) is 0 Å². The molecule has 0 saturated heterocycles. The first-order valence-electron chi connectivity index (χ1n) is 1.17. The van der Waals surface area contributed by atoms with Crippen molar-refractivity contribution in [3.8, 4) is 0 Å². The molecule has 0 heterocycles. The Labute approximate surface area is 30.4 Å². The van der Waals surface area contributed by atoms with Crippen molar-refractivity contribution in [1.82, 2.24) is 0 Å². The molecule has 0 spiro atoms. The summed E-state index contributed by atoms with van der Waals surface area (Å²) in [7, 11) is 0. The number of carbonyl (C=O) groups is 1. The number of aliphatic carboxylic acids is 1. The summed E-state index contributed by atoms with van der Waals surface area (Å²) >= 11 is 0. The number of carbonyl (C=O) groups excluding carboxylic acids is 1. The maximum absolute atomic E-state index is 9.13. The molecule has 28 valence electrons. The van der Waals surface area contributed by atoms with Crippen molar-refractivity contribution in [2.75, 3.05) is 0 Å². The second kappa shape index (κ2) is 1.76. The summed E-state index contributed by atoms with van der Waals surface area (Å²) < 4.78 is 0. The molecule has 0 saturated carbocycles. The first-order valence-corrected chi connectivity index (χ1v) is 1.17. The fraction of sp³-hybridized carbons (Fsp3) is 0.333. The average Bonchev–Trinajstić information content (AvgIpc) is 1.38. The lowest BCUT2D eigenvalue weighted by atomic mass is 10.5. The summed E-state index contributed by atoms with van der Waals surface area (Å²) in [5, 5.41) is 9.13. The molecule has 0 aromatic heterocycles. The largest absolute Gasteiger partial charge is 0.550 e. The predicted molar refractivity (Wildman–Crippen MR) is 13.9 cm³/mol. The zero-order valence-corrected chi connectivity index (χ0v) is 2.60. The fourth-order valence-corrected chi connectivity index (χ4v) is 0. The van der Waals surface area contributed by atoms with E-state index in [-0.39, 0.29) is 6.42 Å². The maximum Gasteiger partial charge on any atom is 0.0417 e. The van der Waals surface area contributed by atoms with Crippen molar-refractivity contribution in [1.29, 1.82) is 0 Å². The van der Waals surface area contributed by atoms with Crippen molar-refractivity contribution < 1.29 is 9.90 Å². The third-order valence-electron chi connectivity index (χ3n) is 0.167. The minimum atomic E-state index is -1.22. The van der Waals surface area contributed by atoms with Gasteiger partial charge < -0.3 is 9.90 Å². The van der Waals surface area contributed by atoms with Gasteiger partial charge in [0.1, 0.15) is 0 Å². The van der Waals surface area contributed by atoms with Gasteiger partial charge in [-0.2, -0.15) is 0 Å². The van der Waals surface area contributed by atoms with Gasteiger partial charge in [-0.15, -0.1) is 0 Å². The molecule has 2 heteroatoms. The van der Waals surface area contributed by atoms with E-state index >= 15 is 0 Å². The standard InChI is InChI=1S/C3H4O2/c1-2-3(4)5/h1H,2H2,(H,4,5)/p-1. The molecular weight excluding hydrogens is 68.0 g/mol. The minimum absolute atomic E-state index is 0.389. The number of carboxylic acids is 1. The highest BCUT2D eigenvalue weighted by Crippen LogP contribution is 1.60. The van der Waals surface area contributed by atoms with Crippen LogP contribution in [-0.4, -0.2) is 5.97 Å². The summed E-state index contributed by atoms with van der Waals surface area (Å²) in [6, 6.07) is 0. The Morgan fingerprint density at radius 2 is 2.20 bits per heavy atom. The number of carboxylic acid groups (broad SMARTS) is 1. The Kier molecular flexibility index (Phi) is 1.57. The summed E-state index contributed by atoms with van der Waals surface area (Å²) in [5.74, 6) is -1.22. The van der Waals surface area contributed by atoms with E-state index in [4.69, 9.17) is 9.90 Å². The molecule has 0 aromatic carbocycles. The highest BCUT2D eigenvalue weighted by molar-refractivity contribution is 5.64. The van der Waals surface area contributed by atoms with Gasteiger partial charge >= 0.3 is 0 Å². The van der Waals surface area contributed by atoms with E-state index in [0.717, 1.165) is 0 Å². The molecule has 0 aromatic rings. The number of hydrogen-bond donors (Lipinski definition) is 0. The highest BCUT2D eigenvalue weighted by Gasteiger charge is 1.66. The van der Waals surface area contributed by atoms with Gasteiger partial charge in [-0.05, 0) is 13.3 Å². The van der Waals surface area contributed by atoms with E-state index in [2.05, 4.69) is 6.92 Å². The molecule has 0 fully saturated rings. The van der Waals surface area contributed by atoms with E-state index < -0.39 is 5.97 Å². The van der Waals surface area contributed by atoms with Crippen LogP contribution < -0.4 is 5.11 Å². The van der Waals surface area contributed by atoms with Gasteiger partial charge in [0.15, 0.2) is 0 Å². The molecule has 0 rings (SSSR count). The topological polar surface area (TPSA) is 40.1 Å². The van der Waals surface area contributed by atoms with Gasteiger partial charge in [-0.3, -0.25) is 0 Å². The lowest BCUT2D eigenvalue weighted by Gasteiger charge is -1.86. The van der Waals surface area contributed by atoms with Crippen LogP contribution in [0.25, 0.3) is 0 Å². The Hall–Kier alpha value is -0.530. The smallest absolute Gasteiger partial charge is 0.0417 e. The van der Waals surface area contributed by atoms with Gasteiger partial charge in [0, 0.05) is 5.97 Å². The molecule has 0 aliphatic rings. The van der Waals surface area contributed by atoms with Crippen molar-refractivity contribution in [2.45, 2.75) is 6.42 Å². The van der Waals surface area contributed by atoms with E-state index in [9.17, 15) is 0 Å². The van der Waals surface area contributed by atoms with Crippen LogP contribution >= 0.6 is 0 Å². The quantitative estimate of drug-likeness (QED) is 0.391. The monoisotopic (exact) mass is 71.0 g/mol. The van der Waals surface area contributed by atoms with E-state index in [1.54, 1.807) is 0 Å². The zero-order valence-electron chi connectivity index (χ0n) is 2.60. The van der Waals surface area contributed by atoms with Crippen LogP contribution in [0.5, 0.6) is 0 Å². The molecule has 0 aliphatic heterocycles. The van der Waals surface area contributed by atoms with Crippen LogP contribution in [0.1, 0.15) is 6.42 Å². The normalized spacial score (nSPS) is 7.40. The van der Waals surface area contributed by atoms with Crippen LogP contribution in [0.4, 0.5) is 0 Å². The van der Waals surface area contributed by atoms with E-state index in [1.807, 2.05) is 0 Å². The second-order valence-corrected chi connectivity index (χ2v) is 0.576. The number of rotatable bonds is 1. The Balaban J connectivity index is 2.85.